The second kappa shape index (κ2) is 4.83. The lowest BCUT2D eigenvalue weighted by Gasteiger charge is -2.02. The van der Waals surface area contributed by atoms with Gasteiger partial charge in [-0.1, -0.05) is 21.9 Å². The highest BCUT2D eigenvalue weighted by Crippen LogP contribution is 2.22. The standard InChI is InChI=1S/C11H9BrO2/c1-3-4-11(13)9-7-8(14-2)5-6-10(9)12/h5-7H,1-2H3. The normalized spacial score (nSPS) is 8.79. The van der Waals surface area contributed by atoms with Crippen molar-refractivity contribution in [3.8, 4) is 17.6 Å². The summed E-state index contributed by atoms with van der Waals surface area (Å²) in [4.78, 5) is 11.5. The molecule has 0 aliphatic rings. The highest BCUT2D eigenvalue weighted by molar-refractivity contribution is 9.10. The smallest absolute Gasteiger partial charge is 0.237 e. The molecule has 0 saturated heterocycles. The maximum atomic E-state index is 11.5. The lowest BCUT2D eigenvalue weighted by molar-refractivity contribution is 0.105. The van der Waals surface area contributed by atoms with Crippen molar-refractivity contribution in [1.82, 2.24) is 0 Å². The molecule has 1 aromatic carbocycles. The summed E-state index contributed by atoms with van der Waals surface area (Å²) in [6.07, 6.45) is 0. The number of hydrogen-bond donors (Lipinski definition) is 0. The number of ketones is 1. The Labute approximate surface area is 91.4 Å². The summed E-state index contributed by atoms with van der Waals surface area (Å²) >= 11 is 3.29. The zero-order valence-electron chi connectivity index (χ0n) is 7.93. The molecule has 0 unspecified atom stereocenters. The Morgan fingerprint density at radius 3 is 2.79 bits per heavy atom. The van der Waals surface area contributed by atoms with Gasteiger partial charge in [-0.05, 0) is 31.0 Å². The first-order chi connectivity index (χ1) is 6.69. The molecule has 0 aliphatic heterocycles. The van der Waals surface area contributed by atoms with Gasteiger partial charge in [0.25, 0.3) is 0 Å². The second-order valence-electron chi connectivity index (χ2n) is 2.55. The Balaban J connectivity index is 3.16. The quantitative estimate of drug-likeness (QED) is 0.460. The van der Waals surface area contributed by atoms with E-state index in [1.54, 1.807) is 32.2 Å². The topological polar surface area (TPSA) is 26.3 Å². The van der Waals surface area contributed by atoms with Crippen molar-refractivity contribution < 1.29 is 9.53 Å². The highest BCUT2D eigenvalue weighted by atomic mass is 79.9. The average Bonchev–Trinajstić information content (AvgIpc) is 2.19. The number of hydrogen-bond acceptors (Lipinski definition) is 2. The summed E-state index contributed by atoms with van der Waals surface area (Å²) in [6.45, 7) is 1.63. The lowest BCUT2D eigenvalue weighted by atomic mass is 10.1. The van der Waals surface area contributed by atoms with Gasteiger partial charge in [-0.3, -0.25) is 4.79 Å². The minimum atomic E-state index is -0.210. The van der Waals surface area contributed by atoms with E-state index in [0.717, 1.165) is 4.47 Å². The number of benzene rings is 1. The Kier molecular flexibility index (Phi) is 3.73. The van der Waals surface area contributed by atoms with Gasteiger partial charge in [0.15, 0.2) is 0 Å². The fourth-order valence-corrected chi connectivity index (χ4v) is 1.41. The van der Waals surface area contributed by atoms with Crippen LogP contribution in [0, 0.1) is 11.8 Å². The Bertz CT molecular complexity index is 413. The molecule has 0 bridgehead atoms. The van der Waals surface area contributed by atoms with Crippen molar-refractivity contribution in [3.63, 3.8) is 0 Å². The Morgan fingerprint density at radius 1 is 1.50 bits per heavy atom. The van der Waals surface area contributed by atoms with Crippen molar-refractivity contribution in [3.05, 3.63) is 28.2 Å². The highest BCUT2D eigenvalue weighted by Gasteiger charge is 2.08. The van der Waals surface area contributed by atoms with Crippen LogP contribution in [0.1, 0.15) is 17.3 Å². The van der Waals surface area contributed by atoms with Crippen molar-refractivity contribution >= 4 is 21.7 Å². The van der Waals surface area contributed by atoms with Crippen molar-refractivity contribution in [2.24, 2.45) is 0 Å². The van der Waals surface area contributed by atoms with Crippen LogP contribution in [0.2, 0.25) is 0 Å². The summed E-state index contributed by atoms with van der Waals surface area (Å²) < 4.78 is 5.74. The molecule has 0 heterocycles. The molecule has 0 aromatic heterocycles. The van der Waals surface area contributed by atoms with E-state index in [1.165, 1.54) is 0 Å². The summed E-state index contributed by atoms with van der Waals surface area (Å²) in [5.41, 5.74) is 0.527. The number of carbonyl (C=O) groups is 1. The largest absolute Gasteiger partial charge is 0.497 e. The lowest BCUT2D eigenvalue weighted by Crippen LogP contribution is -1.97. The molecule has 0 N–H and O–H groups in total. The molecule has 2 nitrogen and oxygen atoms in total. The molecule has 0 aliphatic carbocycles. The van der Waals surface area contributed by atoms with Crippen LogP contribution in [0.4, 0.5) is 0 Å². The molecule has 0 radical (unpaired) electrons. The van der Waals surface area contributed by atoms with Crippen LogP contribution in [0.25, 0.3) is 0 Å². The van der Waals surface area contributed by atoms with Gasteiger partial charge < -0.3 is 4.74 Å². The summed E-state index contributed by atoms with van der Waals surface area (Å²) in [5.74, 6) is 5.49. The first-order valence-corrected chi connectivity index (χ1v) is 4.79. The zero-order chi connectivity index (χ0) is 10.6. The van der Waals surface area contributed by atoms with Crippen LogP contribution in [-0.2, 0) is 0 Å². The molecular weight excluding hydrogens is 244 g/mol. The molecule has 1 aromatic rings. The molecule has 72 valence electrons. The van der Waals surface area contributed by atoms with Crippen LogP contribution in [0.3, 0.4) is 0 Å². The van der Waals surface area contributed by atoms with E-state index in [2.05, 4.69) is 27.8 Å². The van der Waals surface area contributed by atoms with Crippen molar-refractivity contribution in [2.45, 2.75) is 6.92 Å². The molecule has 1 rings (SSSR count). The number of rotatable bonds is 2. The molecule has 0 atom stereocenters. The monoisotopic (exact) mass is 252 g/mol. The average molecular weight is 253 g/mol. The third-order valence-electron chi connectivity index (χ3n) is 1.66. The molecule has 3 heteroatoms. The Morgan fingerprint density at radius 2 is 2.21 bits per heavy atom. The molecule has 0 amide bonds. The minimum Gasteiger partial charge on any atom is -0.497 e. The van der Waals surface area contributed by atoms with Gasteiger partial charge in [-0.2, -0.15) is 0 Å². The van der Waals surface area contributed by atoms with Gasteiger partial charge in [-0.25, -0.2) is 0 Å². The van der Waals surface area contributed by atoms with Crippen LogP contribution in [0.15, 0.2) is 22.7 Å². The van der Waals surface area contributed by atoms with Crippen molar-refractivity contribution in [2.75, 3.05) is 7.11 Å². The van der Waals surface area contributed by atoms with E-state index in [1.807, 2.05) is 0 Å². The van der Waals surface area contributed by atoms with Gasteiger partial charge in [0.2, 0.25) is 5.78 Å². The third kappa shape index (κ3) is 2.36. The summed E-state index contributed by atoms with van der Waals surface area (Å²) in [6, 6.07) is 5.21. The SMILES string of the molecule is CC#CC(=O)c1cc(OC)ccc1Br. The van der Waals surface area contributed by atoms with E-state index < -0.39 is 0 Å². The van der Waals surface area contributed by atoms with Crippen LogP contribution < -0.4 is 4.74 Å². The van der Waals surface area contributed by atoms with Crippen molar-refractivity contribution in [1.29, 1.82) is 0 Å². The number of halogens is 1. The third-order valence-corrected chi connectivity index (χ3v) is 2.35. The molecule has 14 heavy (non-hydrogen) atoms. The fourth-order valence-electron chi connectivity index (χ4n) is 0.986. The Hall–Kier alpha value is -1.27. The van der Waals surface area contributed by atoms with E-state index >= 15 is 0 Å². The van der Waals surface area contributed by atoms with E-state index in [-0.39, 0.29) is 5.78 Å². The van der Waals surface area contributed by atoms with E-state index in [0.29, 0.717) is 11.3 Å². The van der Waals surface area contributed by atoms with Gasteiger partial charge in [0.1, 0.15) is 5.75 Å². The van der Waals surface area contributed by atoms with E-state index in [4.69, 9.17) is 4.74 Å². The minimum absolute atomic E-state index is 0.210. The van der Waals surface area contributed by atoms with Gasteiger partial charge >= 0.3 is 0 Å². The first kappa shape index (κ1) is 10.8. The van der Waals surface area contributed by atoms with Gasteiger partial charge in [-0.15, -0.1) is 0 Å². The van der Waals surface area contributed by atoms with E-state index in [9.17, 15) is 4.79 Å². The van der Waals surface area contributed by atoms with Crippen LogP contribution in [0.5, 0.6) is 5.75 Å². The molecule has 0 spiro atoms. The number of methoxy groups -OCH3 is 1. The number of ether oxygens (including phenoxy) is 1. The molecule has 0 fully saturated rings. The maximum absolute atomic E-state index is 11.5. The second-order valence-corrected chi connectivity index (χ2v) is 3.40. The zero-order valence-corrected chi connectivity index (χ0v) is 9.51. The first-order valence-electron chi connectivity index (χ1n) is 3.99. The number of Topliss-reactive ketones (excluding diaryl/α,β-unsaturated/α-hetero) is 1. The predicted octanol–water partition coefficient (Wildman–Crippen LogP) is 2.66. The molecule has 0 saturated carbocycles. The fraction of sp³-hybridized carbons (Fsp3) is 0.182. The molecular formula is C11H9BrO2. The number of carbonyl (C=O) groups excluding carboxylic acids is 1. The predicted molar refractivity (Wildman–Crippen MR) is 58.5 cm³/mol. The maximum Gasteiger partial charge on any atom is 0.237 e. The van der Waals surface area contributed by atoms with Gasteiger partial charge in [0.05, 0.1) is 7.11 Å². The van der Waals surface area contributed by atoms with Crippen LogP contribution in [-0.4, -0.2) is 12.9 Å². The summed E-state index contributed by atoms with van der Waals surface area (Å²) in [7, 11) is 1.56. The van der Waals surface area contributed by atoms with Crippen LogP contribution >= 0.6 is 15.9 Å². The van der Waals surface area contributed by atoms with Gasteiger partial charge in [0, 0.05) is 10.0 Å². The summed E-state index contributed by atoms with van der Waals surface area (Å²) in [5, 5.41) is 0.